The molecule has 2 atom stereocenters. The first-order chi connectivity index (χ1) is 14.5. The molecule has 0 saturated carbocycles. The van der Waals surface area contributed by atoms with E-state index in [2.05, 4.69) is 15.7 Å². The molecule has 2 aliphatic heterocycles. The quantitative estimate of drug-likeness (QED) is 0.734. The maximum absolute atomic E-state index is 13.2. The van der Waals surface area contributed by atoms with E-state index in [1.807, 2.05) is 6.92 Å². The molecule has 2 aromatic carbocycles. The Labute approximate surface area is 171 Å². The van der Waals surface area contributed by atoms with Crippen molar-refractivity contribution in [3.8, 4) is 5.75 Å². The summed E-state index contributed by atoms with van der Waals surface area (Å²) >= 11 is 0. The zero-order valence-corrected chi connectivity index (χ0v) is 16.0. The summed E-state index contributed by atoms with van der Waals surface area (Å²) in [7, 11) is 0. The van der Waals surface area contributed by atoms with Gasteiger partial charge in [-0.2, -0.15) is 5.11 Å². The summed E-state index contributed by atoms with van der Waals surface area (Å²) in [6.07, 6.45) is 0. The lowest BCUT2D eigenvalue weighted by atomic mass is 10.1. The van der Waals surface area contributed by atoms with Crippen molar-refractivity contribution in [2.75, 3.05) is 23.4 Å². The number of nitrogens with one attached hydrogen (secondary N) is 1. The molecule has 0 bridgehead atoms. The van der Waals surface area contributed by atoms with E-state index in [1.54, 1.807) is 24.3 Å². The van der Waals surface area contributed by atoms with Crippen molar-refractivity contribution in [2.24, 2.45) is 10.3 Å². The SMILES string of the molecule is CCOc1ccc(NC(=O)CN2N=NC3C(=O)N(c4ccc(F)cc4)C(=O)C32)cc1. The van der Waals surface area contributed by atoms with Crippen LogP contribution in [0.15, 0.2) is 58.9 Å². The van der Waals surface area contributed by atoms with Crippen LogP contribution in [0.25, 0.3) is 0 Å². The number of ether oxygens (including phenoxy) is 1. The molecule has 30 heavy (non-hydrogen) atoms. The summed E-state index contributed by atoms with van der Waals surface area (Å²) in [5.74, 6) is -1.34. The Morgan fingerprint density at radius 2 is 1.80 bits per heavy atom. The summed E-state index contributed by atoms with van der Waals surface area (Å²) in [6.45, 7) is 2.16. The Morgan fingerprint density at radius 1 is 1.10 bits per heavy atom. The number of amides is 3. The highest BCUT2D eigenvalue weighted by Gasteiger charge is 2.55. The Kier molecular flexibility index (Phi) is 5.13. The molecule has 1 N–H and O–H groups in total. The van der Waals surface area contributed by atoms with Crippen LogP contribution in [0.4, 0.5) is 15.8 Å². The summed E-state index contributed by atoms with van der Waals surface area (Å²) in [6, 6.07) is 9.80. The predicted octanol–water partition coefficient (Wildman–Crippen LogP) is 2.16. The third-order valence-corrected chi connectivity index (χ3v) is 4.70. The number of carbonyl (C=O) groups is 3. The van der Waals surface area contributed by atoms with Crippen molar-refractivity contribution >= 4 is 29.1 Å². The molecule has 3 amide bonds. The molecule has 154 valence electrons. The van der Waals surface area contributed by atoms with Gasteiger partial charge in [-0.15, -0.1) is 0 Å². The van der Waals surface area contributed by atoms with Gasteiger partial charge < -0.3 is 10.1 Å². The molecule has 4 rings (SSSR count). The molecule has 10 heteroatoms. The largest absolute Gasteiger partial charge is 0.494 e. The van der Waals surface area contributed by atoms with Crippen LogP contribution in [0.5, 0.6) is 5.75 Å². The van der Waals surface area contributed by atoms with Crippen molar-refractivity contribution in [1.29, 1.82) is 0 Å². The van der Waals surface area contributed by atoms with Crippen molar-refractivity contribution in [3.05, 3.63) is 54.3 Å². The summed E-state index contributed by atoms with van der Waals surface area (Å²) < 4.78 is 18.5. The summed E-state index contributed by atoms with van der Waals surface area (Å²) in [5, 5.41) is 11.6. The standard InChI is InChI=1S/C20H18FN5O4/c1-2-30-15-9-5-13(6-10-15)22-16(27)11-25-18-17(23-24-25)19(28)26(20(18)29)14-7-3-12(21)4-8-14/h3-10,17-18H,2,11H2,1H3,(H,22,27). The van der Waals surface area contributed by atoms with Gasteiger partial charge >= 0.3 is 0 Å². The Morgan fingerprint density at radius 3 is 2.47 bits per heavy atom. The second-order valence-corrected chi connectivity index (χ2v) is 6.69. The van der Waals surface area contributed by atoms with Crippen molar-refractivity contribution in [2.45, 2.75) is 19.0 Å². The molecule has 1 saturated heterocycles. The van der Waals surface area contributed by atoms with Crippen molar-refractivity contribution in [3.63, 3.8) is 0 Å². The first-order valence-electron chi connectivity index (χ1n) is 9.31. The second-order valence-electron chi connectivity index (χ2n) is 6.69. The van der Waals surface area contributed by atoms with Gasteiger partial charge in [-0.3, -0.25) is 19.4 Å². The van der Waals surface area contributed by atoms with Gasteiger partial charge in [0.05, 0.1) is 12.3 Å². The van der Waals surface area contributed by atoms with Gasteiger partial charge in [-0.25, -0.2) is 9.29 Å². The van der Waals surface area contributed by atoms with E-state index < -0.39 is 35.6 Å². The average Bonchev–Trinajstić information content (AvgIpc) is 3.24. The maximum Gasteiger partial charge on any atom is 0.263 e. The highest BCUT2D eigenvalue weighted by molar-refractivity contribution is 6.25. The van der Waals surface area contributed by atoms with E-state index in [4.69, 9.17) is 4.74 Å². The highest BCUT2D eigenvalue weighted by Crippen LogP contribution is 2.31. The summed E-state index contributed by atoms with van der Waals surface area (Å²) in [4.78, 5) is 38.8. The zero-order valence-electron chi connectivity index (χ0n) is 16.0. The molecule has 0 radical (unpaired) electrons. The number of hydrogen-bond acceptors (Lipinski definition) is 7. The van der Waals surface area contributed by atoms with Crippen LogP contribution in [-0.4, -0.2) is 48.0 Å². The fourth-order valence-corrected chi connectivity index (χ4v) is 3.35. The molecule has 2 unspecified atom stereocenters. The predicted molar refractivity (Wildman–Crippen MR) is 104 cm³/mol. The molecular weight excluding hydrogens is 393 g/mol. The number of rotatable bonds is 6. The van der Waals surface area contributed by atoms with Crippen LogP contribution in [0.1, 0.15) is 6.92 Å². The lowest BCUT2D eigenvalue weighted by molar-refractivity contribution is -0.123. The van der Waals surface area contributed by atoms with E-state index in [0.717, 1.165) is 17.0 Å². The topological polar surface area (TPSA) is 104 Å². The minimum Gasteiger partial charge on any atom is -0.494 e. The van der Waals surface area contributed by atoms with Gasteiger partial charge in [0.2, 0.25) is 5.91 Å². The minimum atomic E-state index is -1.03. The third-order valence-electron chi connectivity index (χ3n) is 4.70. The third kappa shape index (κ3) is 3.59. The Hall–Kier alpha value is -3.82. The fourth-order valence-electron chi connectivity index (χ4n) is 3.35. The van der Waals surface area contributed by atoms with Crippen LogP contribution >= 0.6 is 0 Å². The maximum atomic E-state index is 13.2. The molecular formula is C20H18FN5O4. The normalized spacial score (nSPS) is 19.9. The molecule has 9 nitrogen and oxygen atoms in total. The Balaban J connectivity index is 1.43. The minimum absolute atomic E-state index is 0.245. The van der Waals surface area contributed by atoms with Crippen LogP contribution in [0, 0.1) is 5.82 Å². The second kappa shape index (κ2) is 7.90. The lowest BCUT2D eigenvalue weighted by Gasteiger charge is -2.20. The molecule has 2 heterocycles. The number of imide groups is 1. The van der Waals surface area contributed by atoms with Gasteiger partial charge in [0, 0.05) is 5.69 Å². The van der Waals surface area contributed by atoms with Crippen LogP contribution in [0.3, 0.4) is 0 Å². The number of fused-ring (bicyclic) bond motifs is 1. The lowest BCUT2D eigenvalue weighted by Crippen LogP contribution is -2.43. The first-order valence-corrected chi connectivity index (χ1v) is 9.31. The van der Waals surface area contributed by atoms with Crippen molar-refractivity contribution < 1.29 is 23.5 Å². The van der Waals surface area contributed by atoms with Crippen LogP contribution < -0.4 is 15.0 Å². The monoisotopic (exact) mass is 411 g/mol. The summed E-state index contributed by atoms with van der Waals surface area (Å²) in [5.41, 5.74) is 0.799. The highest BCUT2D eigenvalue weighted by atomic mass is 19.1. The van der Waals surface area contributed by atoms with Gasteiger partial charge in [0.25, 0.3) is 11.8 Å². The zero-order chi connectivity index (χ0) is 21.3. The molecule has 2 aliphatic rings. The van der Waals surface area contributed by atoms with Crippen LogP contribution in [-0.2, 0) is 14.4 Å². The molecule has 0 spiro atoms. The van der Waals surface area contributed by atoms with E-state index in [9.17, 15) is 18.8 Å². The number of nitrogens with zero attached hydrogens (tertiary/aromatic N) is 4. The fraction of sp³-hybridized carbons (Fsp3) is 0.250. The van der Waals surface area contributed by atoms with Gasteiger partial charge in [-0.1, -0.05) is 5.22 Å². The van der Waals surface area contributed by atoms with Crippen molar-refractivity contribution in [1.82, 2.24) is 5.01 Å². The average molecular weight is 411 g/mol. The number of halogens is 1. The van der Waals surface area contributed by atoms with E-state index in [0.29, 0.717) is 18.0 Å². The smallest absolute Gasteiger partial charge is 0.263 e. The number of hydrogen-bond donors (Lipinski definition) is 1. The molecule has 2 aromatic rings. The van der Waals surface area contributed by atoms with Gasteiger partial charge in [0.1, 0.15) is 18.1 Å². The van der Waals surface area contributed by atoms with Gasteiger partial charge in [0.15, 0.2) is 12.1 Å². The molecule has 0 aliphatic carbocycles. The number of carbonyl (C=O) groups excluding carboxylic acids is 3. The van der Waals surface area contributed by atoms with Crippen LogP contribution in [0.2, 0.25) is 0 Å². The van der Waals surface area contributed by atoms with E-state index in [1.165, 1.54) is 17.1 Å². The Bertz CT molecular complexity index is 1010. The van der Waals surface area contributed by atoms with E-state index in [-0.39, 0.29) is 12.2 Å². The number of anilines is 2. The molecule has 0 aromatic heterocycles. The van der Waals surface area contributed by atoms with Gasteiger partial charge in [-0.05, 0) is 55.5 Å². The van der Waals surface area contributed by atoms with E-state index >= 15 is 0 Å². The number of benzene rings is 2. The first kappa shape index (κ1) is 19.5. The molecule has 1 fully saturated rings.